The van der Waals surface area contributed by atoms with Crippen LogP contribution in [0.15, 0.2) is 42.5 Å². The zero-order valence-electron chi connectivity index (χ0n) is 15.1. The number of rotatable bonds is 6. The number of hydrogen-bond donors (Lipinski definition) is 2. The van der Waals surface area contributed by atoms with Gasteiger partial charge < -0.3 is 20.3 Å². The van der Waals surface area contributed by atoms with Gasteiger partial charge in [-0.15, -0.1) is 0 Å². The number of fused-ring (bicyclic) bond motifs is 1. The first-order valence-electron chi connectivity index (χ1n) is 8.75. The molecule has 138 valence electrons. The number of carbonyl (C=O) groups excluding carboxylic acids is 1. The van der Waals surface area contributed by atoms with Gasteiger partial charge in [0.05, 0.1) is 6.61 Å². The van der Waals surface area contributed by atoms with Crippen LogP contribution >= 0.6 is 0 Å². The summed E-state index contributed by atoms with van der Waals surface area (Å²) in [4.78, 5) is 14.5. The molecule has 0 saturated heterocycles. The van der Waals surface area contributed by atoms with Crippen LogP contribution in [0.1, 0.15) is 18.1 Å². The number of methoxy groups -OCH3 is 1. The van der Waals surface area contributed by atoms with Crippen LogP contribution in [-0.2, 0) is 17.8 Å². The molecule has 0 bridgehead atoms. The Morgan fingerprint density at radius 2 is 2.12 bits per heavy atom. The fourth-order valence-electron chi connectivity index (χ4n) is 3.39. The molecule has 26 heavy (non-hydrogen) atoms. The Balaban J connectivity index is 1.54. The third-order valence-electron chi connectivity index (χ3n) is 4.60. The van der Waals surface area contributed by atoms with Gasteiger partial charge in [0, 0.05) is 43.2 Å². The zero-order valence-corrected chi connectivity index (χ0v) is 15.1. The maximum Gasteiger partial charge on any atom is 0.319 e. The fourth-order valence-corrected chi connectivity index (χ4v) is 3.39. The summed E-state index contributed by atoms with van der Waals surface area (Å²) in [5.74, 6) is -0.357. The van der Waals surface area contributed by atoms with Crippen molar-refractivity contribution in [2.24, 2.45) is 0 Å². The summed E-state index contributed by atoms with van der Waals surface area (Å²) >= 11 is 0. The highest BCUT2D eigenvalue weighted by Gasteiger charge is 2.24. The van der Waals surface area contributed by atoms with E-state index in [2.05, 4.69) is 40.7 Å². The van der Waals surface area contributed by atoms with Gasteiger partial charge in [-0.05, 0) is 43.2 Å². The summed E-state index contributed by atoms with van der Waals surface area (Å²) in [6.07, 6.45) is 1.03. The molecule has 2 aromatic carbocycles. The summed E-state index contributed by atoms with van der Waals surface area (Å²) in [6.45, 7) is 3.68. The Hall–Kier alpha value is -2.60. The number of anilines is 2. The number of halogens is 1. The van der Waals surface area contributed by atoms with Gasteiger partial charge in [-0.3, -0.25) is 0 Å². The first-order chi connectivity index (χ1) is 12.6. The third kappa shape index (κ3) is 4.14. The number of carbonyl (C=O) groups is 1. The molecule has 1 aliphatic rings. The van der Waals surface area contributed by atoms with Crippen molar-refractivity contribution in [2.45, 2.75) is 26.0 Å². The zero-order chi connectivity index (χ0) is 18.5. The Labute approximate surface area is 153 Å². The Morgan fingerprint density at radius 1 is 1.31 bits per heavy atom. The average molecular weight is 357 g/mol. The molecule has 2 aromatic rings. The van der Waals surface area contributed by atoms with Crippen molar-refractivity contribution in [2.75, 3.05) is 30.4 Å². The second kappa shape index (κ2) is 8.19. The largest absolute Gasteiger partial charge is 0.380 e. The first-order valence-corrected chi connectivity index (χ1v) is 8.75. The molecule has 1 atom stereocenters. The molecule has 2 amide bonds. The Bertz CT molecular complexity index is 781. The monoisotopic (exact) mass is 357 g/mol. The van der Waals surface area contributed by atoms with Gasteiger partial charge in [0.1, 0.15) is 5.82 Å². The minimum atomic E-state index is -0.357. The predicted octanol–water partition coefficient (Wildman–Crippen LogP) is 3.54. The highest BCUT2D eigenvalue weighted by Crippen LogP contribution is 2.31. The molecule has 6 heteroatoms. The van der Waals surface area contributed by atoms with Gasteiger partial charge in [0.2, 0.25) is 0 Å². The standard InChI is InChI=1S/C20H24FN3O2/c1-14-11-15-5-3-4-6-19(15)24(14)10-9-22-20(25)23-18-8-7-17(21)12-16(18)13-26-2/h3-8,12,14H,9-11,13H2,1-2H3,(H2,22,23,25). The maximum absolute atomic E-state index is 13.4. The molecule has 0 fully saturated rings. The van der Waals surface area contributed by atoms with Crippen molar-refractivity contribution in [1.82, 2.24) is 5.32 Å². The van der Waals surface area contributed by atoms with Crippen LogP contribution in [0.4, 0.5) is 20.6 Å². The molecule has 0 spiro atoms. The van der Waals surface area contributed by atoms with Gasteiger partial charge >= 0.3 is 6.03 Å². The van der Waals surface area contributed by atoms with E-state index >= 15 is 0 Å². The highest BCUT2D eigenvalue weighted by molar-refractivity contribution is 5.90. The molecule has 0 aromatic heterocycles. The number of hydrogen-bond acceptors (Lipinski definition) is 3. The van der Waals surface area contributed by atoms with Crippen molar-refractivity contribution in [3.05, 3.63) is 59.4 Å². The molecular weight excluding hydrogens is 333 g/mol. The molecule has 0 aliphatic carbocycles. The molecule has 1 aliphatic heterocycles. The van der Waals surface area contributed by atoms with E-state index in [0.717, 1.165) is 13.0 Å². The summed E-state index contributed by atoms with van der Waals surface area (Å²) < 4.78 is 18.4. The minimum absolute atomic E-state index is 0.232. The summed E-state index contributed by atoms with van der Waals surface area (Å²) in [6, 6.07) is 12.7. The van der Waals surface area contributed by atoms with Gasteiger partial charge in [-0.2, -0.15) is 0 Å². The van der Waals surface area contributed by atoms with Crippen LogP contribution in [0.2, 0.25) is 0 Å². The number of urea groups is 1. The molecule has 0 saturated carbocycles. The molecule has 1 unspecified atom stereocenters. The van der Waals surface area contributed by atoms with E-state index in [4.69, 9.17) is 4.74 Å². The van der Waals surface area contributed by atoms with Gasteiger partial charge in [0.25, 0.3) is 0 Å². The quantitative estimate of drug-likeness (QED) is 0.831. The van der Waals surface area contributed by atoms with Crippen molar-refractivity contribution in [3.8, 4) is 0 Å². The lowest BCUT2D eigenvalue weighted by molar-refractivity contribution is 0.185. The van der Waals surface area contributed by atoms with Crippen LogP contribution in [0.5, 0.6) is 0 Å². The smallest absolute Gasteiger partial charge is 0.319 e. The minimum Gasteiger partial charge on any atom is -0.380 e. The van der Waals surface area contributed by atoms with E-state index in [-0.39, 0.29) is 18.5 Å². The molecule has 0 radical (unpaired) electrons. The van der Waals surface area contributed by atoms with E-state index < -0.39 is 0 Å². The van der Waals surface area contributed by atoms with Crippen molar-refractivity contribution >= 4 is 17.4 Å². The third-order valence-corrected chi connectivity index (χ3v) is 4.60. The lowest BCUT2D eigenvalue weighted by Gasteiger charge is -2.25. The van der Waals surface area contributed by atoms with Crippen LogP contribution in [0, 0.1) is 5.82 Å². The van der Waals surface area contributed by atoms with E-state index in [0.29, 0.717) is 23.8 Å². The average Bonchev–Trinajstić information content (AvgIpc) is 2.93. The predicted molar refractivity (Wildman–Crippen MR) is 101 cm³/mol. The summed E-state index contributed by atoms with van der Waals surface area (Å²) in [5, 5.41) is 5.63. The van der Waals surface area contributed by atoms with E-state index in [1.165, 1.54) is 30.5 Å². The summed E-state index contributed by atoms with van der Waals surface area (Å²) in [7, 11) is 1.53. The van der Waals surface area contributed by atoms with Crippen LogP contribution < -0.4 is 15.5 Å². The van der Waals surface area contributed by atoms with Gasteiger partial charge in [-0.1, -0.05) is 18.2 Å². The molecule has 2 N–H and O–H groups in total. The van der Waals surface area contributed by atoms with E-state index in [9.17, 15) is 9.18 Å². The fraction of sp³-hybridized carbons (Fsp3) is 0.350. The second-order valence-electron chi connectivity index (χ2n) is 6.49. The lowest BCUT2D eigenvalue weighted by atomic mass is 10.1. The molecule has 5 nitrogen and oxygen atoms in total. The van der Waals surface area contributed by atoms with Crippen LogP contribution in [0.3, 0.4) is 0 Å². The van der Waals surface area contributed by atoms with Crippen molar-refractivity contribution in [1.29, 1.82) is 0 Å². The maximum atomic E-state index is 13.4. The lowest BCUT2D eigenvalue weighted by Crippen LogP contribution is -2.39. The SMILES string of the molecule is COCc1cc(F)ccc1NC(=O)NCCN1c2ccccc2CC1C. The second-order valence-corrected chi connectivity index (χ2v) is 6.49. The van der Waals surface area contributed by atoms with Crippen molar-refractivity contribution < 1.29 is 13.9 Å². The van der Waals surface area contributed by atoms with E-state index in [1.54, 1.807) is 6.07 Å². The molecular formula is C20H24FN3O2. The van der Waals surface area contributed by atoms with Crippen LogP contribution in [0.25, 0.3) is 0 Å². The molecule has 3 rings (SSSR count). The number of nitrogens with one attached hydrogen (secondary N) is 2. The Morgan fingerprint density at radius 3 is 2.92 bits per heavy atom. The number of benzene rings is 2. The number of nitrogens with zero attached hydrogens (tertiary/aromatic N) is 1. The van der Waals surface area contributed by atoms with E-state index in [1.807, 2.05) is 6.07 Å². The Kier molecular flexibility index (Phi) is 5.73. The van der Waals surface area contributed by atoms with Crippen LogP contribution in [-0.4, -0.2) is 32.3 Å². The normalized spacial score (nSPS) is 15.7. The number of amides is 2. The topological polar surface area (TPSA) is 53.6 Å². The van der Waals surface area contributed by atoms with Crippen molar-refractivity contribution in [3.63, 3.8) is 0 Å². The molecule has 1 heterocycles. The number of ether oxygens (including phenoxy) is 1. The van der Waals surface area contributed by atoms with Gasteiger partial charge in [-0.25, -0.2) is 9.18 Å². The number of para-hydroxylation sites is 1. The first kappa shape index (κ1) is 18.2. The highest BCUT2D eigenvalue weighted by atomic mass is 19.1. The summed E-state index contributed by atoms with van der Waals surface area (Å²) in [5.41, 5.74) is 3.73. The van der Waals surface area contributed by atoms with Gasteiger partial charge in [0.15, 0.2) is 0 Å².